The van der Waals surface area contributed by atoms with Crippen LogP contribution in [0.5, 0.6) is 0 Å². The van der Waals surface area contributed by atoms with E-state index >= 15 is 0 Å². The first-order valence-corrected chi connectivity index (χ1v) is 36.1. The highest BCUT2D eigenvalue weighted by atomic mass is 16.6. The third-order valence-corrected chi connectivity index (χ3v) is 19.5. The Bertz CT molecular complexity index is 4160. The van der Waals surface area contributed by atoms with Crippen molar-refractivity contribution in [1.82, 2.24) is 19.6 Å². The van der Waals surface area contributed by atoms with Gasteiger partial charge >= 0.3 is 18.0 Å². The number of anilines is 8. The molecule has 0 bridgehead atoms. The molecule has 2 N–H and O–H groups in total. The first-order chi connectivity index (χ1) is 51.1. The van der Waals surface area contributed by atoms with Crippen LogP contribution < -0.4 is 40.0 Å². The van der Waals surface area contributed by atoms with Gasteiger partial charge < -0.3 is 54.2 Å². The average Bonchev–Trinajstić information content (AvgIpc) is 1.63. The predicted molar refractivity (Wildman–Crippen MR) is 428 cm³/mol. The van der Waals surface area contributed by atoms with Crippen molar-refractivity contribution in [3.8, 4) is 0 Å². The first-order valence-electron chi connectivity index (χ1n) is 36.1. The van der Waals surface area contributed by atoms with Crippen LogP contribution in [0.4, 0.5) is 55.1 Å². The van der Waals surface area contributed by atoms with E-state index in [-0.39, 0.29) is 36.9 Å². The maximum Gasteiger partial charge on any atom is 0.340 e. The summed E-state index contributed by atoms with van der Waals surface area (Å²) in [5.74, 6) is -1.36. The zero-order valence-corrected chi connectivity index (χ0v) is 65.2. The van der Waals surface area contributed by atoms with Gasteiger partial charge in [0.1, 0.15) is 13.5 Å². The maximum absolute atomic E-state index is 13.2. The maximum atomic E-state index is 13.2. The lowest BCUT2D eigenvalue weighted by molar-refractivity contribution is -0.134. The molecule has 0 atom stereocenters. The molecule has 3 heterocycles. The summed E-state index contributed by atoms with van der Waals surface area (Å²) in [6, 6.07) is 58.8. The number of nitrogens with zero attached hydrogens (tertiary/aromatic N) is 10. The van der Waals surface area contributed by atoms with Gasteiger partial charge in [0.25, 0.3) is 0 Å². The Balaban J connectivity index is 0.000000166. The van der Waals surface area contributed by atoms with Gasteiger partial charge in [-0.2, -0.15) is 0 Å². The number of cyclic esters (lactones) is 1. The van der Waals surface area contributed by atoms with Crippen LogP contribution in [0.25, 0.3) is 0 Å². The number of carbonyl (C=O) groups is 7. The molecule has 0 spiro atoms. The molecule has 0 radical (unpaired) electrons. The highest BCUT2D eigenvalue weighted by molar-refractivity contribution is 6.32. The van der Waals surface area contributed by atoms with Crippen LogP contribution in [0.15, 0.2) is 176 Å². The Morgan fingerprint density at radius 3 is 1.07 bits per heavy atom. The number of carbonyl (C=O) groups excluding carboxylic acids is 7. The van der Waals surface area contributed by atoms with Crippen molar-refractivity contribution in [2.24, 2.45) is 0 Å². The summed E-state index contributed by atoms with van der Waals surface area (Å²) in [5, 5.41) is 6.70. The molecule has 0 unspecified atom stereocenters. The molecular formula is C85H104N12O10. The summed E-state index contributed by atoms with van der Waals surface area (Å²) in [4.78, 5) is 105. The number of nitrogens with one attached hydrogen (secondary N) is 2. The molecule has 6 amide bonds. The topological polar surface area (TPSA) is 204 Å². The normalized spacial score (nSPS) is 15.0. The minimum absolute atomic E-state index is 0.0756. The number of urea groups is 2. The van der Waals surface area contributed by atoms with Gasteiger partial charge in [-0.15, -0.1) is 0 Å². The fraction of sp³-hybridized carbons (Fsp3) is 0.353. The van der Waals surface area contributed by atoms with E-state index in [0.717, 1.165) is 93.7 Å². The number of amides is 6. The molecule has 22 heteroatoms. The highest BCUT2D eigenvalue weighted by Crippen LogP contribution is 2.49. The number of imide groups is 2. The Morgan fingerprint density at radius 2 is 0.766 bits per heavy atom. The zero-order valence-electron chi connectivity index (χ0n) is 65.2. The lowest BCUT2D eigenvalue weighted by Crippen LogP contribution is -2.50. The van der Waals surface area contributed by atoms with Gasteiger partial charge in [0.15, 0.2) is 29.5 Å². The Labute approximate surface area is 630 Å². The number of fused-ring (bicyclic) bond motifs is 4. The van der Waals surface area contributed by atoms with Gasteiger partial charge in [0.2, 0.25) is 11.8 Å². The smallest absolute Gasteiger partial charge is 0.340 e. The molecule has 1 aliphatic carbocycles. The molecule has 4 aliphatic rings. The molecule has 12 rings (SSSR count). The van der Waals surface area contributed by atoms with Gasteiger partial charge in [-0.3, -0.25) is 29.0 Å². The van der Waals surface area contributed by atoms with Crippen molar-refractivity contribution >= 4 is 86.9 Å². The van der Waals surface area contributed by atoms with Gasteiger partial charge in [0, 0.05) is 205 Å². The third-order valence-electron chi connectivity index (χ3n) is 19.5. The lowest BCUT2D eigenvalue weighted by Gasteiger charge is -2.31. The number of rotatable bonds is 23. The van der Waals surface area contributed by atoms with Crippen LogP contribution in [-0.2, 0) is 29.4 Å². The van der Waals surface area contributed by atoms with Crippen molar-refractivity contribution < 1.29 is 47.8 Å². The van der Waals surface area contributed by atoms with Crippen LogP contribution in [0.2, 0.25) is 0 Å². The summed E-state index contributed by atoms with van der Waals surface area (Å²) in [6.07, 6.45) is 2.31. The van der Waals surface area contributed by atoms with Crippen LogP contribution in [-0.4, -0.2) is 199 Å². The molecule has 0 aromatic heterocycles. The molecule has 564 valence electrons. The number of esters is 1. The predicted octanol–water partition coefficient (Wildman–Crippen LogP) is 13.7. The monoisotopic (exact) mass is 1450 g/mol. The van der Waals surface area contributed by atoms with E-state index in [1.807, 2.05) is 89.7 Å². The number of unbranched alkanes of at least 4 members (excludes halogenated alkanes) is 2. The number of ketones is 2. The Morgan fingerprint density at radius 1 is 0.439 bits per heavy atom. The van der Waals surface area contributed by atoms with Gasteiger partial charge in [-0.1, -0.05) is 118 Å². The third kappa shape index (κ3) is 17.0. The summed E-state index contributed by atoms with van der Waals surface area (Å²) in [7, 11) is 27.2. The van der Waals surface area contributed by atoms with Crippen LogP contribution in [0.3, 0.4) is 0 Å². The summed E-state index contributed by atoms with van der Waals surface area (Å²) in [5.41, 5.74) is 16.6. The van der Waals surface area contributed by atoms with E-state index in [0.29, 0.717) is 27.8 Å². The molecule has 0 saturated carbocycles. The summed E-state index contributed by atoms with van der Waals surface area (Å²) >= 11 is 0. The van der Waals surface area contributed by atoms with Gasteiger partial charge in [0.05, 0.1) is 16.7 Å². The van der Waals surface area contributed by atoms with E-state index < -0.39 is 41.8 Å². The molecular weight excluding hydrogens is 1350 g/mol. The van der Waals surface area contributed by atoms with Crippen molar-refractivity contribution in [3.05, 3.63) is 237 Å². The first kappa shape index (κ1) is 79.9. The molecule has 22 nitrogen and oxygen atoms in total. The quantitative estimate of drug-likeness (QED) is 0.0347. The molecule has 8 aromatic carbocycles. The second-order valence-electron chi connectivity index (χ2n) is 28.1. The standard InChI is InChI=1S/C26H29N3O2.C25H31N3.C22H26N2O2.C12H18N4O6/c1-27(2)20-11-7-18(8-12-20)26(19-9-13-21(14-10-19)28(3)4)24-16-15-22(29(5)6)17-23(24)25(30)31-26;1-26(2)22-13-7-19(8-14-22)25(20-9-15-23(16-10-20)27(3)4)21-11-17-24(18-12-21)28(5)6;1-3-5-13-23-17-11-12-18(24-14-6-4-2)20-19(17)21(25)15-9-7-8-10-16(15)22(20)26;1-7(17)15-10-9(13(5-21-3)11(15)19)14(6-22-4)12(20)16(10)8(2)18/h7-17H,1-6H3;7-18,25H,1-6H3;7-12,23-24H,3-6,13-14H2,1-2H3;9-10H,5-6H2,1-4H3. The summed E-state index contributed by atoms with van der Waals surface area (Å²) in [6.45, 7) is 7.99. The van der Waals surface area contributed by atoms with E-state index in [1.165, 1.54) is 71.6 Å². The number of ether oxygens (including phenoxy) is 3. The lowest BCUT2D eigenvalue weighted by atomic mass is 9.79. The van der Waals surface area contributed by atoms with Gasteiger partial charge in [-0.25, -0.2) is 24.2 Å². The number of hydrogen-bond donors (Lipinski definition) is 2. The van der Waals surface area contributed by atoms with E-state index in [4.69, 9.17) is 14.2 Å². The van der Waals surface area contributed by atoms with E-state index in [9.17, 15) is 33.6 Å². The van der Waals surface area contributed by atoms with Crippen molar-refractivity contribution in [2.75, 3.05) is 165 Å². The molecule has 2 fully saturated rings. The van der Waals surface area contributed by atoms with Crippen molar-refractivity contribution in [2.45, 2.75) is 77.2 Å². The molecule has 8 aromatic rings. The minimum atomic E-state index is -1.03. The van der Waals surface area contributed by atoms with Crippen molar-refractivity contribution in [3.63, 3.8) is 0 Å². The van der Waals surface area contributed by atoms with Crippen LogP contribution >= 0.6 is 0 Å². The second kappa shape index (κ2) is 35.2. The SMILES string of the molecule is CCCCNc1ccc(NCCCC)c2c1C(=O)c1ccccc1C2=O.CN(C)c1ccc(C(c2ccc(N(C)C)cc2)c2ccc(N(C)C)cc2)cc1.CN(C)c1ccc(C2(c3ccc(N(C)C)cc3)OC(=O)c3cc(N(C)C)ccc32)cc1.COCN1C(=O)N(C(C)=O)C2C1N(COC)C(=O)N2C(C)=O. The molecule has 2 saturated heterocycles. The second-order valence-corrected chi connectivity index (χ2v) is 28.1. The fourth-order valence-electron chi connectivity index (χ4n) is 13.7. The van der Waals surface area contributed by atoms with E-state index in [1.54, 1.807) is 12.1 Å². The Hall–Kier alpha value is -11.2. The number of methoxy groups -OCH3 is 2. The van der Waals surface area contributed by atoms with E-state index in [2.05, 4.69) is 213 Å². The van der Waals surface area contributed by atoms with Crippen LogP contribution in [0, 0.1) is 0 Å². The molecule has 107 heavy (non-hydrogen) atoms. The van der Waals surface area contributed by atoms with Crippen LogP contribution in [0.1, 0.15) is 135 Å². The van der Waals surface area contributed by atoms with Crippen molar-refractivity contribution in [1.29, 1.82) is 0 Å². The average molecular weight is 1450 g/mol. The largest absolute Gasteiger partial charge is 0.441 e. The highest BCUT2D eigenvalue weighted by Gasteiger charge is 2.62. The number of hydrogen-bond acceptors (Lipinski definition) is 18. The molecule has 3 aliphatic heterocycles. The van der Waals surface area contributed by atoms with Gasteiger partial charge in [-0.05, 0) is 114 Å². The fourth-order valence-corrected chi connectivity index (χ4v) is 13.7. The zero-order chi connectivity index (χ0) is 77.7. The summed E-state index contributed by atoms with van der Waals surface area (Å²) < 4.78 is 16.2. The Kier molecular flexibility index (Phi) is 26.3. The number of benzene rings is 8. The minimum Gasteiger partial charge on any atom is -0.441 e.